The van der Waals surface area contributed by atoms with E-state index in [-0.39, 0.29) is 12.1 Å². The van der Waals surface area contributed by atoms with Gasteiger partial charge in [-0.3, -0.25) is 4.90 Å². The second-order valence-electron chi connectivity index (χ2n) is 5.83. The summed E-state index contributed by atoms with van der Waals surface area (Å²) in [7, 11) is 1.93. The molecule has 1 saturated heterocycles. The van der Waals surface area contributed by atoms with Crippen LogP contribution in [0.15, 0.2) is 0 Å². The van der Waals surface area contributed by atoms with Gasteiger partial charge >= 0.3 is 0 Å². The average molecular weight is 241 g/mol. The topological polar surface area (TPSA) is 38.7 Å². The first kappa shape index (κ1) is 13.3. The van der Waals surface area contributed by atoms with Gasteiger partial charge in [0.25, 0.3) is 0 Å². The molecule has 1 atom stereocenters. The Morgan fingerprint density at radius 3 is 2.35 bits per heavy atom. The SMILES string of the molecule is CNC(C)(CO)CCN1CCN(C2CC2)CC1. The molecule has 1 aliphatic heterocycles. The van der Waals surface area contributed by atoms with E-state index in [2.05, 4.69) is 22.0 Å². The van der Waals surface area contributed by atoms with Crippen LogP contribution in [0.25, 0.3) is 0 Å². The predicted molar refractivity (Wildman–Crippen MR) is 70.2 cm³/mol. The molecule has 2 aliphatic rings. The fourth-order valence-corrected chi connectivity index (χ4v) is 2.48. The lowest BCUT2D eigenvalue weighted by atomic mass is 9.99. The van der Waals surface area contributed by atoms with E-state index in [1.54, 1.807) is 0 Å². The molecule has 17 heavy (non-hydrogen) atoms. The molecule has 0 amide bonds. The van der Waals surface area contributed by atoms with E-state index >= 15 is 0 Å². The fraction of sp³-hybridized carbons (Fsp3) is 1.00. The molecule has 0 aromatic rings. The maximum absolute atomic E-state index is 9.35. The zero-order chi connectivity index (χ0) is 12.3. The Morgan fingerprint density at radius 1 is 1.24 bits per heavy atom. The fourth-order valence-electron chi connectivity index (χ4n) is 2.48. The highest BCUT2D eigenvalue weighted by molar-refractivity contribution is 4.88. The Hall–Kier alpha value is -0.160. The van der Waals surface area contributed by atoms with Crippen LogP contribution in [0.2, 0.25) is 0 Å². The van der Waals surface area contributed by atoms with Crippen LogP contribution in [-0.4, -0.2) is 72.9 Å². The highest BCUT2D eigenvalue weighted by atomic mass is 16.3. The minimum Gasteiger partial charge on any atom is -0.394 e. The van der Waals surface area contributed by atoms with Gasteiger partial charge in [-0.2, -0.15) is 0 Å². The van der Waals surface area contributed by atoms with Crippen molar-refractivity contribution < 1.29 is 5.11 Å². The lowest BCUT2D eigenvalue weighted by Gasteiger charge is -2.37. The van der Waals surface area contributed by atoms with Gasteiger partial charge in [-0.25, -0.2) is 0 Å². The first-order chi connectivity index (χ1) is 8.17. The Labute approximate surface area is 105 Å². The van der Waals surface area contributed by atoms with E-state index in [1.807, 2.05) is 7.05 Å². The molecule has 4 heteroatoms. The van der Waals surface area contributed by atoms with Crippen LogP contribution in [0.5, 0.6) is 0 Å². The first-order valence-electron chi connectivity index (χ1n) is 6.93. The van der Waals surface area contributed by atoms with Crippen molar-refractivity contribution in [3.63, 3.8) is 0 Å². The molecule has 2 N–H and O–H groups in total. The van der Waals surface area contributed by atoms with Crippen molar-refractivity contribution in [3.05, 3.63) is 0 Å². The summed E-state index contributed by atoms with van der Waals surface area (Å²) < 4.78 is 0. The number of likely N-dealkylation sites (N-methyl/N-ethyl adjacent to an activating group) is 1. The number of nitrogens with one attached hydrogen (secondary N) is 1. The van der Waals surface area contributed by atoms with E-state index in [4.69, 9.17) is 0 Å². The zero-order valence-electron chi connectivity index (χ0n) is 11.3. The van der Waals surface area contributed by atoms with Crippen LogP contribution in [-0.2, 0) is 0 Å². The van der Waals surface area contributed by atoms with Crippen molar-refractivity contribution in [2.24, 2.45) is 0 Å². The number of aliphatic hydroxyl groups is 1. The molecule has 100 valence electrons. The summed E-state index contributed by atoms with van der Waals surface area (Å²) >= 11 is 0. The molecular weight excluding hydrogens is 214 g/mol. The molecule has 1 unspecified atom stereocenters. The van der Waals surface area contributed by atoms with E-state index in [9.17, 15) is 5.11 Å². The molecule has 1 aliphatic carbocycles. The third-order valence-electron chi connectivity index (χ3n) is 4.40. The van der Waals surface area contributed by atoms with Crippen molar-refractivity contribution in [2.75, 3.05) is 46.4 Å². The van der Waals surface area contributed by atoms with Crippen LogP contribution >= 0.6 is 0 Å². The third-order valence-corrected chi connectivity index (χ3v) is 4.40. The molecule has 4 nitrogen and oxygen atoms in total. The highest BCUT2D eigenvalue weighted by Gasteiger charge is 2.31. The van der Waals surface area contributed by atoms with Crippen molar-refractivity contribution >= 4 is 0 Å². The monoisotopic (exact) mass is 241 g/mol. The van der Waals surface area contributed by atoms with Gasteiger partial charge in [0.05, 0.1) is 6.61 Å². The molecule has 2 rings (SSSR count). The van der Waals surface area contributed by atoms with Gasteiger partial charge in [-0.1, -0.05) is 0 Å². The number of rotatable bonds is 6. The third kappa shape index (κ3) is 3.65. The van der Waals surface area contributed by atoms with E-state index in [1.165, 1.54) is 39.0 Å². The number of hydrogen-bond acceptors (Lipinski definition) is 4. The van der Waals surface area contributed by atoms with Gasteiger partial charge in [0.2, 0.25) is 0 Å². The minimum atomic E-state index is -0.117. The summed E-state index contributed by atoms with van der Waals surface area (Å²) in [5, 5.41) is 12.6. The van der Waals surface area contributed by atoms with Crippen LogP contribution in [0.1, 0.15) is 26.2 Å². The van der Waals surface area contributed by atoms with Gasteiger partial charge in [-0.05, 0) is 33.2 Å². The molecule has 0 aromatic carbocycles. The van der Waals surface area contributed by atoms with Crippen LogP contribution < -0.4 is 5.32 Å². The lowest BCUT2D eigenvalue weighted by molar-refractivity contribution is 0.105. The summed E-state index contributed by atoms with van der Waals surface area (Å²) in [4.78, 5) is 5.17. The Bertz CT molecular complexity index is 231. The second kappa shape index (κ2) is 5.65. The highest BCUT2D eigenvalue weighted by Crippen LogP contribution is 2.27. The van der Waals surface area contributed by atoms with E-state index in [0.29, 0.717) is 0 Å². The first-order valence-corrected chi connectivity index (χ1v) is 6.93. The smallest absolute Gasteiger partial charge is 0.0610 e. The predicted octanol–water partition coefficient (Wildman–Crippen LogP) is 0.127. The number of hydrogen-bond donors (Lipinski definition) is 2. The Morgan fingerprint density at radius 2 is 1.88 bits per heavy atom. The van der Waals surface area contributed by atoms with Crippen molar-refractivity contribution in [1.82, 2.24) is 15.1 Å². The van der Waals surface area contributed by atoms with Gasteiger partial charge in [0, 0.05) is 44.3 Å². The molecule has 1 heterocycles. The lowest BCUT2D eigenvalue weighted by Crippen LogP contribution is -2.50. The van der Waals surface area contributed by atoms with Crippen LogP contribution in [0.4, 0.5) is 0 Å². The quantitative estimate of drug-likeness (QED) is 0.693. The van der Waals surface area contributed by atoms with Crippen molar-refractivity contribution in [3.8, 4) is 0 Å². The summed E-state index contributed by atoms with van der Waals surface area (Å²) in [5.74, 6) is 0. The molecule has 0 aromatic heterocycles. The Balaban J connectivity index is 1.67. The van der Waals surface area contributed by atoms with Crippen LogP contribution in [0, 0.1) is 0 Å². The molecule has 0 spiro atoms. The summed E-state index contributed by atoms with van der Waals surface area (Å²) in [5.41, 5.74) is -0.117. The molecule has 0 radical (unpaired) electrons. The summed E-state index contributed by atoms with van der Waals surface area (Å²) in [6.45, 7) is 8.26. The van der Waals surface area contributed by atoms with Gasteiger partial charge < -0.3 is 15.3 Å². The van der Waals surface area contributed by atoms with Crippen LogP contribution in [0.3, 0.4) is 0 Å². The molecule has 2 fully saturated rings. The standard InChI is InChI=1S/C13H27N3O/c1-13(11-17,14-2)5-6-15-7-9-16(10-8-15)12-3-4-12/h12,14,17H,3-11H2,1-2H3. The number of piperazine rings is 1. The number of nitrogens with zero attached hydrogens (tertiary/aromatic N) is 2. The van der Waals surface area contributed by atoms with Gasteiger partial charge in [-0.15, -0.1) is 0 Å². The Kier molecular flexibility index (Phi) is 4.42. The molecular formula is C13H27N3O. The largest absolute Gasteiger partial charge is 0.394 e. The van der Waals surface area contributed by atoms with E-state index in [0.717, 1.165) is 19.0 Å². The zero-order valence-corrected chi connectivity index (χ0v) is 11.3. The molecule has 0 bridgehead atoms. The molecule has 1 saturated carbocycles. The van der Waals surface area contributed by atoms with Gasteiger partial charge in [0.15, 0.2) is 0 Å². The maximum atomic E-state index is 9.35. The van der Waals surface area contributed by atoms with E-state index < -0.39 is 0 Å². The van der Waals surface area contributed by atoms with Crippen molar-refractivity contribution in [1.29, 1.82) is 0 Å². The summed E-state index contributed by atoms with van der Waals surface area (Å²) in [6, 6.07) is 0.914. The second-order valence-corrected chi connectivity index (χ2v) is 5.83. The minimum absolute atomic E-state index is 0.117. The number of aliphatic hydroxyl groups excluding tert-OH is 1. The maximum Gasteiger partial charge on any atom is 0.0610 e. The summed E-state index contributed by atoms with van der Waals surface area (Å²) in [6.07, 6.45) is 3.86. The average Bonchev–Trinajstić information content (AvgIpc) is 3.21. The van der Waals surface area contributed by atoms with Crippen molar-refractivity contribution in [2.45, 2.75) is 37.8 Å². The normalized spacial score (nSPS) is 27.0. The van der Waals surface area contributed by atoms with Gasteiger partial charge in [0.1, 0.15) is 0 Å².